The minimum atomic E-state index is -3.06. The van der Waals surface area contributed by atoms with Gasteiger partial charge in [-0.15, -0.1) is 0 Å². The van der Waals surface area contributed by atoms with Gasteiger partial charge in [0, 0.05) is 17.7 Å². The molecule has 0 aliphatic carbocycles. The topological polar surface area (TPSA) is 89.3 Å². The number of nitrogens with zero attached hydrogens (tertiary/aromatic N) is 1. The molecule has 0 spiro atoms. The maximum atomic E-state index is 12.2. The lowest BCUT2D eigenvalue weighted by atomic mass is 10.1. The van der Waals surface area contributed by atoms with E-state index in [0.717, 1.165) is 11.1 Å². The Kier molecular flexibility index (Phi) is 4.21. The molecule has 1 aliphatic rings. The Morgan fingerprint density at radius 3 is 2.74 bits per heavy atom. The number of amides is 1. The number of nitrogens with one attached hydrogen (secondary N) is 1. The van der Waals surface area contributed by atoms with Crippen LogP contribution < -0.4 is 5.32 Å². The minimum Gasteiger partial charge on any atom is -0.350 e. The Balaban J connectivity index is 1.70. The zero-order valence-electron chi connectivity index (χ0n) is 12.8. The molecule has 1 aliphatic heterocycles. The van der Waals surface area contributed by atoms with Crippen LogP contribution in [-0.4, -0.2) is 37.0 Å². The van der Waals surface area contributed by atoms with Gasteiger partial charge < -0.3 is 9.84 Å². The largest absolute Gasteiger partial charge is 0.350 e. The molecule has 0 saturated carbocycles. The second-order valence-corrected chi connectivity index (χ2v) is 8.10. The molecule has 23 heavy (non-hydrogen) atoms. The number of sulfone groups is 1. The van der Waals surface area contributed by atoms with E-state index in [1.807, 2.05) is 31.2 Å². The molecule has 1 aromatic heterocycles. The number of aromatic nitrogens is 1. The van der Waals surface area contributed by atoms with Crippen LogP contribution >= 0.6 is 0 Å². The number of aryl methyl sites for hydroxylation is 1. The van der Waals surface area contributed by atoms with Crippen LogP contribution in [0.2, 0.25) is 0 Å². The highest BCUT2D eigenvalue weighted by Crippen LogP contribution is 2.20. The van der Waals surface area contributed by atoms with Crippen LogP contribution in [-0.2, 0) is 9.84 Å². The van der Waals surface area contributed by atoms with Crippen molar-refractivity contribution in [2.45, 2.75) is 25.8 Å². The lowest BCUT2D eigenvalue weighted by Gasteiger charge is -2.22. The smallest absolute Gasteiger partial charge is 0.290 e. The molecule has 1 aromatic carbocycles. The molecule has 0 radical (unpaired) electrons. The van der Waals surface area contributed by atoms with Gasteiger partial charge >= 0.3 is 0 Å². The van der Waals surface area contributed by atoms with E-state index >= 15 is 0 Å². The summed E-state index contributed by atoms with van der Waals surface area (Å²) in [4.78, 5) is 12.2. The van der Waals surface area contributed by atoms with Gasteiger partial charge in [0.2, 0.25) is 5.76 Å². The van der Waals surface area contributed by atoms with Crippen LogP contribution in [0.15, 0.2) is 34.9 Å². The fraction of sp³-hybridized carbons (Fsp3) is 0.375. The van der Waals surface area contributed by atoms with Gasteiger partial charge in [-0.1, -0.05) is 35.0 Å². The Labute approximate surface area is 134 Å². The predicted molar refractivity (Wildman–Crippen MR) is 85.8 cm³/mol. The summed E-state index contributed by atoms with van der Waals surface area (Å²) < 4.78 is 28.3. The van der Waals surface area contributed by atoms with Gasteiger partial charge in [0.05, 0.1) is 11.5 Å². The number of rotatable bonds is 3. The Bertz CT molecular complexity index is 809. The quantitative estimate of drug-likeness (QED) is 0.927. The SMILES string of the molecule is Cc1ccc(-c2cc(C(=O)NC3CCCS(=O)(=O)C3)on2)cc1. The summed E-state index contributed by atoms with van der Waals surface area (Å²) in [6, 6.07) is 8.92. The molecule has 1 unspecified atom stereocenters. The molecule has 1 N–H and O–H groups in total. The zero-order valence-corrected chi connectivity index (χ0v) is 13.6. The minimum absolute atomic E-state index is 0.0162. The van der Waals surface area contributed by atoms with Gasteiger partial charge in [0.15, 0.2) is 9.84 Å². The number of hydrogen-bond donors (Lipinski definition) is 1. The molecule has 2 aromatic rings. The molecule has 1 amide bonds. The first kappa shape index (κ1) is 15.7. The van der Waals surface area contributed by atoms with E-state index in [4.69, 9.17) is 4.52 Å². The van der Waals surface area contributed by atoms with Gasteiger partial charge in [-0.3, -0.25) is 4.79 Å². The number of hydrogen-bond acceptors (Lipinski definition) is 5. The second kappa shape index (κ2) is 6.16. The van der Waals surface area contributed by atoms with Crippen molar-refractivity contribution in [3.8, 4) is 11.3 Å². The summed E-state index contributed by atoms with van der Waals surface area (Å²) >= 11 is 0. The fourth-order valence-electron chi connectivity index (χ4n) is 2.64. The molecule has 122 valence electrons. The van der Waals surface area contributed by atoms with Crippen molar-refractivity contribution >= 4 is 15.7 Å². The van der Waals surface area contributed by atoms with E-state index in [1.54, 1.807) is 6.07 Å². The molecule has 7 heteroatoms. The number of carbonyl (C=O) groups is 1. The fourth-order valence-corrected chi connectivity index (χ4v) is 4.27. The summed E-state index contributed by atoms with van der Waals surface area (Å²) in [5.41, 5.74) is 2.57. The van der Waals surface area contributed by atoms with Crippen molar-refractivity contribution in [3.63, 3.8) is 0 Å². The molecular formula is C16H18N2O4S. The molecule has 1 atom stereocenters. The van der Waals surface area contributed by atoms with E-state index in [2.05, 4.69) is 10.5 Å². The Hall–Kier alpha value is -2.15. The third-order valence-electron chi connectivity index (χ3n) is 3.88. The third-order valence-corrected chi connectivity index (χ3v) is 5.70. The average Bonchev–Trinajstić information content (AvgIpc) is 2.97. The zero-order chi connectivity index (χ0) is 16.4. The first-order valence-electron chi connectivity index (χ1n) is 7.48. The van der Waals surface area contributed by atoms with Gasteiger partial charge in [0.1, 0.15) is 5.69 Å². The highest BCUT2D eigenvalue weighted by atomic mass is 32.2. The maximum Gasteiger partial charge on any atom is 0.290 e. The maximum absolute atomic E-state index is 12.2. The second-order valence-electron chi connectivity index (χ2n) is 5.87. The van der Waals surface area contributed by atoms with Crippen molar-refractivity contribution in [1.82, 2.24) is 10.5 Å². The summed E-state index contributed by atoms with van der Waals surface area (Å²) in [5, 5.41) is 6.62. The molecule has 1 saturated heterocycles. The predicted octanol–water partition coefficient (Wildman–Crippen LogP) is 1.96. The molecule has 1 fully saturated rings. The first-order valence-corrected chi connectivity index (χ1v) is 9.30. The van der Waals surface area contributed by atoms with Crippen molar-refractivity contribution < 1.29 is 17.7 Å². The van der Waals surface area contributed by atoms with Crippen LogP contribution in [0, 0.1) is 6.92 Å². The van der Waals surface area contributed by atoms with Gasteiger partial charge in [-0.25, -0.2) is 8.42 Å². The molecule has 3 rings (SSSR count). The molecular weight excluding hydrogens is 316 g/mol. The van der Waals surface area contributed by atoms with Crippen LogP contribution in [0.25, 0.3) is 11.3 Å². The highest BCUT2D eigenvalue weighted by Gasteiger charge is 2.27. The van der Waals surface area contributed by atoms with Crippen molar-refractivity contribution in [3.05, 3.63) is 41.7 Å². The monoisotopic (exact) mass is 334 g/mol. The Morgan fingerprint density at radius 1 is 1.30 bits per heavy atom. The Morgan fingerprint density at radius 2 is 2.04 bits per heavy atom. The lowest BCUT2D eigenvalue weighted by Crippen LogP contribution is -2.43. The van der Waals surface area contributed by atoms with E-state index < -0.39 is 15.7 Å². The highest BCUT2D eigenvalue weighted by molar-refractivity contribution is 7.91. The van der Waals surface area contributed by atoms with Crippen LogP contribution in [0.5, 0.6) is 0 Å². The lowest BCUT2D eigenvalue weighted by molar-refractivity contribution is 0.0901. The van der Waals surface area contributed by atoms with E-state index in [1.165, 1.54) is 0 Å². The van der Waals surface area contributed by atoms with Crippen LogP contribution in [0.1, 0.15) is 29.0 Å². The van der Waals surface area contributed by atoms with Gasteiger partial charge in [0.25, 0.3) is 5.91 Å². The standard InChI is InChI=1S/C16H18N2O4S/c1-11-4-6-12(7-5-11)14-9-15(22-18-14)16(19)17-13-3-2-8-23(20,21)10-13/h4-7,9,13H,2-3,8,10H2,1H3,(H,17,19). The summed E-state index contributed by atoms with van der Waals surface area (Å²) in [6.07, 6.45) is 1.22. The van der Waals surface area contributed by atoms with Crippen molar-refractivity contribution in [2.75, 3.05) is 11.5 Å². The van der Waals surface area contributed by atoms with E-state index in [9.17, 15) is 13.2 Å². The molecule has 2 heterocycles. The van der Waals surface area contributed by atoms with Crippen molar-refractivity contribution in [2.24, 2.45) is 0 Å². The van der Waals surface area contributed by atoms with Crippen LogP contribution in [0.3, 0.4) is 0 Å². The normalized spacial score (nSPS) is 20.1. The molecule has 6 nitrogen and oxygen atoms in total. The first-order chi connectivity index (χ1) is 10.9. The van der Waals surface area contributed by atoms with Crippen molar-refractivity contribution in [1.29, 1.82) is 0 Å². The number of carbonyl (C=O) groups excluding carboxylic acids is 1. The summed E-state index contributed by atoms with van der Waals surface area (Å²) in [6.45, 7) is 1.99. The van der Waals surface area contributed by atoms with Crippen LogP contribution in [0.4, 0.5) is 0 Å². The summed E-state index contributed by atoms with van der Waals surface area (Å²) in [5.74, 6) is -0.168. The van der Waals surface area contributed by atoms with Gasteiger partial charge in [-0.2, -0.15) is 0 Å². The number of benzene rings is 1. The van der Waals surface area contributed by atoms with E-state index in [0.29, 0.717) is 18.5 Å². The average molecular weight is 334 g/mol. The summed E-state index contributed by atoms with van der Waals surface area (Å²) in [7, 11) is -3.06. The van der Waals surface area contributed by atoms with Gasteiger partial charge in [-0.05, 0) is 19.8 Å². The molecule has 0 bridgehead atoms. The van der Waals surface area contributed by atoms with E-state index in [-0.39, 0.29) is 23.3 Å². The third kappa shape index (κ3) is 3.79.